The highest BCUT2D eigenvalue weighted by Gasteiger charge is 2.20. The number of hydrogen-bond donors (Lipinski definition) is 1. The van der Waals surface area contributed by atoms with Gasteiger partial charge in [-0.25, -0.2) is 0 Å². The highest BCUT2D eigenvalue weighted by molar-refractivity contribution is 9.10. The minimum Gasteiger partial charge on any atom is -0.497 e. The lowest BCUT2D eigenvalue weighted by Gasteiger charge is -2.16. The first kappa shape index (κ1) is 17.5. The fourth-order valence-corrected chi connectivity index (χ4v) is 3.26. The third-order valence-electron chi connectivity index (χ3n) is 4.18. The van der Waals surface area contributed by atoms with Crippen LogP contribution in [-0.2, 0) is 0 Å². The lowest BCUT2D eigenvalue weighted by Crippen LogP contribution is -2.27. The van der Waals surface area contributed by atoms with Crippen LogP contribution in [0.25, 0.3) is 0 Å². The van der Waals surface area contributed by atoms with E-state index in [9.17, 15) is 9.59 Å². The Morgan fingerprint density at radius 3 is 2.60 bits per heavy atom. The summed E-state index contributed by atoms with van der Waals surface area (Å²) in [7, 11) is 1.55. The maximum Gasteiger partial charge on any atom is 0.256 e. The van der Waals surface area contributed by atoms with Gasteiger partial charge < -0.3 is 15.0 Å². The molecule has 1 fully saturated rings. The summed E-state index contributed by atoms with van der Waals surface area (Å²) in [5.74, 6) is 0.346. The second-order valence-electron chi connectivity index (χ2n) is 5.88. The molecule has 25 heavy (non-hydrogen) atoms. The van der Waals surface area contributed by atoms with Gasteiger partial charge >= 0.3 is 0 Å². The molecule has 1 heterocycles. The quantitative estimate of drug-likeness (QED) is 0.841. The number of rotatable bonds is 4. The first-order chi connectivity index (χ1) is 12.1. The van der Waals surface area contributed by atoms with Gasteiger partial charge in [-0.2, -0.15) is 0 Å². The van der Waals surface area contributed by atoms with Gasteiger partial charge in [0, 0.05) is 28.8 Å². The topological polar surface area (TPSA) is 58.6 Å². The van der Waals surface area contributed by atoms with Crippen molar-refractivity contribution in [2.24, 2.45) is 0 Å². The van der Waals surface area contributed by atoms with Crippen LogP contribution >= 0.6 is 15.9 Å². The minimum absolute atomic E-state index is 0.0103. The number of amides is 2. The Balaban J connectivity index is 1.78. The van der Waals surface area contributed by atoms with E-state index in [1.165, 1.54) is 0 Å². The zero-order chi connectivity index (χ0) is 17.8. The van der Waals surface area contributed by atoms with Gasteiger partial charge in [-0.3, -0.25) is 9.59 Å². The van der Waals surface area contributed by atoms with Crippen LogP contribution in [0.3, 0.4) is 0 Å². The normalized spacial score (nSPS) is 13.6. The molecule has 2 aromatic rings. The van der Waals surface area contributed by atoms with Gasteiger partial charge in [-0.15, -0.1) is 0 Å². The van der Waals surface area contributed by atoms with Crippen LogP contribution < -0.4 is 10.1 Å². The molecule has 5 nitrogen and oxygen atoms in total. The van der Waals surface area contributed by atoms with Gasteiger partial charge in [0.25, 0.3) is 11.8 Å². The fourth-order valence-electron chi connectivity index (χ4n) is 2.84. The number of nitrogens with zero attached hydrogens (tertiary/aromatic N) is 1. The van der Waals surface area contributed by atoms with Gasteiger partial charge in [0.1, 0.15) is 5.75 Å². The number of anilines is 1. The predicted octanol–water partition coefficient (Wildman–Crippen LogP) is 3.95. The molecule has 1 aliphatic heterocycles. The average Bonchev–Trinajstić information content (AvgIpc) is 3.16. The highest BCUT2D eigenvalue weighted by Crippen LogP contribution is 2.24. The van der Waals surface area contributed by atoms with Crippen molar-refractivity contribution in [3.05, 3.63) is 58.1 Å². The summed E-state index contributed by atoms with van der Waals surface area (Å²) in [6.45, 7) is 1.60. The molecule has 0 spiro atoms. The molecule has 0 aromatic heterocycles. The number of nitrogens with one attached hydrogen (secondary N) is 1. The zero-order valence-corrected chi connectivity index (χ0v) is 15.5. The van der Waals surface area contributed by atoms with E-state index in [2.05, 4.69) is 21.2 Å². The summed E-state index contributed by atoms with van der Waals surface area (Å²) < 4.78 is 5.84. The molecule has 1 saturated heterocycles. The Morgan fingerprint density at radius 2 is 1.88 bits per heavy atom. The lowest BCUT2D eigenvalue weighted by atomic mass is 10.1. The van der Waals surface area contributed by atoms with Crippen LogP contribution in [0.5, 0.6) is 5.75 Å². The lowest BCUT2D eigenvalue weighted by molar-refractivity contribution is 0.0792. The van der Waals surface area contributed by atoms with Crippen molar-refractivity contribution >= 4 is 33.4 Å². The average molecular weight is 403 g/mol. The van der Waals surface area contributed by atoms with Crippen molar-refractivity contribution in [1.29, 1.82) is 0 Å². The first-order valence-electron chi connectivity index (χ1n) is 8.13. The summed E-state index contributed by atoms with van der Waals surface area (Å²) in [5.41, 5.74) is 1.64. The van der Waals surface area contributed by atoms with E-state index in [4.69, 9.17) is 4.74 Å². The molecule has 0 unspecified atom stereocenters. The number of carbonyl (C=O) groups excluding carboxylic acids is 2. The van der Waals surface area contributed by atoms with Crippen LogP contribution in [0.15, 0.2) is 46.9 Å². The molecule has 130 valence electrons. The van der Waals surface area contributed by atoms with Crippen molar-refractivity contribution in [2.75, 3.05) is 25.5 Å². The van der Waals surface area contributed by atoms with Crippen LogP contribution in [0, 0.1) is 0 Å². The van der Waals surface area contributed by atoms with Gasteiger partial charge in [0.2, 0.25) is 0 Å². The molecule has 2 amide bonds. The van der Waals surface area contributed by atoms with Crippen molar-refractivity contribution in [3.8, 4) is 5.75 Å². The summed E-state index contributed by atoms with van der Waals surface area (Å²) >= 11 is 3.38. The highest BCUT2D eigenvalue weighted by atomic mass is 79.9. The third kappa shape index (κ3) is 4.02. The third-order valence-corrected chi connectivity index (χ3v) is 4.87. The smallest absolute Gasteiger partial charge is 0.256 e. The Kier molecular flexibility index (Phi) is 5.38. The summed E-state index contributed by atoms with van der Waals surface area (Å²) in [6, 6.07) is 12.2. The maximum absolute atomic E-state index is 12.5. The largest absolute Gasteiger partial charge is 0.497 e. The number of halogens is 1. The second-order valence-corrected chi connectivity index (χ2v) is 6.73. The molecule has 0 saturated carbocycles. The van der Waals surface area contributed by atoms with Crippen LogP contribution in [0.2, 0.25) is 0 Å². The second kappa shape index (κ2) is 7.70. The van der Waals surface area contributed by atoms with Crippen molar-refractivity contribution in [1.82, 2.24) is 4.90 Å². The van der Waals surface area contributed by atoms with Crippen molar-refractivity contribution in [2.45, 2.75) is 12.8 Å². The maximum atomic E-state index is 12.5. The van der Waals surface area contributed by atoms with Crippen LogP contribution in [0.1, 0.15) is 33.6 Å². The van der Waals surface area contributed by atoms with E-state index in [0.717, 1.165) is 25.9 Å². The monoisotopic (exact) mass is 402 g/mol. The number of carbonyl (C=O) groups is 2. The van der Waals surface area contributed by atoms with Crippen molar-refractivity contribution < 1.29 is 14.3 Å². The number of likely N-dealkylation sites (tertiary alicyclic amines) is 1. The minimum atomic E-state index is -0.267. The Labute approximate surface area is 155 Å². The van der Waals surface area contributed by atoms with E-state index in [0.29, 0.717) is 27.0 Å². The van der Waals surface area contributed by atoms with Crippen LogP contribution in [0.4, 0.5) is 5.69 Å². The molecule has 0 radical (unpaired) electrons. The van der Waals surface area contributed by atoms with Gasteiger partial charge in [-0.05, 0) is 65.2 Å². The molecule has 0 bridgehead atoms. The van der Waals surface area contributed by atoms with E-state index >= 15 is 0 Å². The molecular weight excluding hydrogens is 384 g/mol. The number of methoxy groups -OCH3 is 1. The Bertz CT molecular complexity index is 801. The van der Waals surface area contributed by atoms with Crippen LogP contribution in [-0.4, -0.2) is 36.9 Å². The number of hydrogen-bond acceptors (Lipinski definition) is 3. The first-order valence-corrected chi connectivity index (χ1v) is 8.92. The van der Waals surface area contributed by atoms with Gasteiger partial charge in [0.05, 0.1) is 12.7 Å². The SMILES string of the molecule is COc1ccc(Br)c(C(=O)Nc2cccc(C(=O)N3CCCC3)c2)c1. The fraction of sp³-hybridized carbons (Fsp3) is 0.263. The Hall–Kier alpha value is -2.34. The molecule has 2 aromatic carbocycles. The standard InChI is InChI=1S/C19H19BrN2O3/c1-25-15-7-8-17(20)16(12-15)18(23)21-14-6-4-5-13(11-14)19(24)22-9-2-3-10-22/h4-8,11-12H,2-3,9-10H2,1H3,(H,21,23). The van der Waals surface area contributed by atoms with Gasteiger partial charge in [-0.1, -0.05) is 6.07 Å². The molecule has 1 aliphatic rings. The molecular formula is C19H19BrN2O3. The summed E-state index contributed by atoms with van der Waals surface area (Å²) in [6.07, 6.45) is 2.10. The predicted molar refractivity (Wildman–Crippen MR) is 100 cm³/mol. The molecule has 3 rings (SSSR count). The van der Waals surface area contributed by atoms with Gasteiger partial charge in [0.15, 0.2) is 0 Å². The number of benzene rings is 2. The van der Waals surface area contributed by atoms with E-state index in [1.807, 2.05) is 4.90 Å². The molecule has 0 aliphatic carbocycles. The number of ether oxygens (including phenoxy) is 1. The van der Waals surface area contributed by atoms with E-state index in [1.54, 1.807) is 49.6 Å². The van der Waals surface area contributed by atoms with E-state index in [-0.39, 0.29) is 11.8 Å². The Morgan fingerprint density at radius 1 is 1.12 bits per heavy atom. The molecule has 0 atom stereocenters. The molecule has 1 N–H and O–H groups in total. The van der Waals surface area contributed by atoms with E-state index < -0.39 is 0 Å². The van der Waals surface area contributed by atoms with Crippen molar-refractivity contribution in [3.63, 3.8) is 0 Å². The molecule has 6 heteroatoms. The zero-order valence-electron chi connectivity index (χ0n) is 13.9. The summed E-state index contributed by atoms with van der Waals surface area (Å²) in [4.78, 5) is 26.9. The summed E-state index contributed by atoms with van der Waals surface area (Å²) in [5, 5.41) is 2.84.